The molecule has 0 radical (unpaired) electrons. The molecule has 7 heteroatoms. The van der Waals surface area contributed by atoms with Gasteiger partial charge in [-0.05, 0) is 30.9 Å². The third kappa shape index (κ3) is 6.10. The van der Waals surface area contributed by atoms with Crippen molar-refractivity contribution in [2.45, 2.75) is 50.6 Å². The minimum Gasteiger partial charge on any atom is -0.467 e. The maximum absolute atomic E-state index is 12.5. The zero-order valence-electron chi connectivity index (χ0n) is 15.4. The number of rotatable bonds is 7. The number of hydrogen-bond acceptors (Lipinski definition) is 5. The van der Waals surface area contributed by atoms with Gasteiger partial charge in [0.15, 0.2) is 0 Å². The molecule has 2 rings (SSSR count). The van der Waals surface area contributed by atoms with Crippen LogP contribution >= 0.6 is 0 Å². The predicted molar refractivity (Wildman–Crippen MR) is 98.4 cm³/mol. The molecule has 2 amide bonds. The third-order valence-electron chi connectivity index (χ3n) is 4.85. The summed E-state index contributed by atoms with van der Waals surface area (Å²) in [5, 5.41) is 14.4. The molecule has 1 aliphatic rings. The number of amides is 2. The highest BCUT2D eigenvalue weighted by Gasteiger charge is 2.29. The highest BCUT2D eigenvalue weighted by atomic mass is 16.5. The van der Waals surface area contributed by atoms with Crippen molar-refractivity contribution in [1.29, 1.82) is 5.26 Å². The standard InChI is InChI=1S/C20H25N3O4/c1-27-20(26)17(13-21)22-18(24)12-16(14-8-4-2-5-9-14)23-19(25)15-10-6-3-7-11-15/h3,6-7,10-11,14,16-17H,2,4-5,8-9,12H2,1H3,(H,22,24)(H,23,25)/t16?,17-/m0/s1. The van der Waals surface area contributed by atoms with E-state index >= 15 is 0 Å². The Hall–Kier alpha value is -2.88. The van der Waals surface area contributed by atoms with E-state index in [4.69, 9.17) is 5.26 Å². The molecule has 2 N–H and O–H groups in total. The van der Waals surface area contributed by atoms with Crippen molar-refractivity contribution in [2.24, 2.45) is 5.92 Å². The summed E-state index contributed by atoms with van der Waals surface area (Å²) >= 11 is 0. The van der Waals surface area contributed by atoms with Gasteiger partial charge in [0.2, 0.25) is 11.9 Å². The van der Waals surface area contributed by atoms with E-state index in [1.54, 1.807) is 30.3 Å². The van der Waals surface area contributed by atoms with E-state index in [0.717, 1.165) is 39.2 Å². The van der Waals surface area contributed by atoms with E-state index in [1.165, 1.54) is 0 Å². The van der Waals surface area contributed by atoms with Crippen LogP contribution in [-0.2, 0) is 14.3 Å². The average Bonchev–Trinajstić information content (AvgIpc) is 2.72. The number of esters is 1. The summed E-state index contributed by atoms with van der Waals surface area (Å²) in [6, 6.07) is 8.84. The summed E-state index contributed by atoms with van der Waals surface area (Å²) in [7, 11) is 1.16. The van der Waals surface area contributed by atoms with E-state index in [2.05, 4.69) is 15.4 Å². The molecule has 1 fully saturated rings. The van der Waals surface area contributed by atoms with E-state index in [1.807, 2.05) is 6.07 Å². The first kappa shape index (κ1) is 20.4. The molecule has 7 nitrogen and oxygen atoms in total. The van der Waals surface area contributed by atoms with Gasteiger partial charge in [-0.1, -0.05) is 37.5 Å². The Labute approximate surface area is 159 Å². The summed E-state index contributed by atoms with van der Waals surface area (Å²) in [5.41, 5.74) is 0.531. The highest BCUT2D eigenvalue weighted by Crippen LogP contribution is 2.28. The normalized spacial score (nSPS) is 16.4. The Bertz CT molecular complexity index is 693. The van der Waals surface area contributed by atoms with Crippen molar-refractivity contribution in [3.63, 3.8) is 0 Å². The topological polar surface area (TPSA) is 108 Å². The Morgan fingerprint density at radius 2 is 1.81 bits per heavy atom. The molecule has 144 valence electrons. The zero-order valence-corrected chi connectivity index (χ0v) is 15.4. The van der Waals surface area contributed by atoms with Crippen molar-refractivity contribution in [2.75, 3.05) is 7.11 Å². The second kappa shape index (κ2) is 10.3. The largest absolute Gasteiger partial charge is 0.467 e. The SMILES string of the molecule is COC(=O)[C@H](C#N)NC(=O)CC(NC(=O)c1ccccc1)C1CCCCC1. The maximum Gasteiger partial charge on any atom is 0.343 e. The average molecular weight is 371 g/mol. The van der Waals surface area contributed by atoms with Crippen LogP contribution in [0.15, 0.2) is 30.3 Å². The minimum atomic E-state index is -1.35. The fraction of sp³-hybridized carbons (Fsp3) is 0.500. The smallest absolute Gasteiger partial charge is 0.343 e. The van der Waals surface area contributed by atoms with Crippen LogP contribution in [0, 0.1) is 17.2 Å². The molecule has 0 spiro atoms. The molecule has 2 atom stereocenters. The van der Waals surface area contributed by atoms with Crippen molar-refractivity contribution < 1.29 is 19.1 Å². The second-order valence-corrected chi connectivity index (χ2v) is 6.70. The summed E-state index contributed by atoms with van der Waals surface area (Å²) in [4.78, 5) is 36.4. The predicted octanol–water partition coefficient (Wildman–Crippen LogP) is 1.94. The molecule has 1 unspecified atom stereocenters. The molecule has 0 aromatic heterocycles. The number of carbonyl (C=O) groups is 3. The van der Waals surface area contributed by atoms with E-state index in [9.17, 15) is 14.4 Å². The van der Waals surface area contributed by atoms with Crippen LogP contribution in [-0.4, -0.2) is 37.0 Å². The fourth-order valence-electron chi connectivity index (χ4n) is 3.39. The van der Waals surface area contributed by atoms with Crippen LogP contribution in [0.5, 0.6) is 0 Å². The molecule has 0 bridgehead atoms. The summed E-state index contributed by atoms with van der Waals surface area (Å²) in [6.07, 6.45) is 5.16. The number of carbonyl (C=O) groups excluding carboxylic acids is 3. The van der Waals surface area contributed by atoms with Crippen LogP contribution in [0.2, 0.25) is 0 Å². The van der Waals surface area contributed by atoms with Gasteiger partial charge in [0.25, 0.3) is 5.91 Å². The monoisotopic (exact) mass is 371 g/mol. The molecule has 1 aliphatic carbocycles. The lowest BCUT2D eigenvalue weighted by molar-refractivity contribution is -0.143. The van der Waals surface area contributed by atoms with Gasteiger partial charge < -0.3 is 15.4 Å². The lowest BCUT2D eigenvalue weighted by Gasteiger charge is -2.30. The number of nitriles is 1. The zero-order chi connectivity index (χ0) is 19.6. The van der Waals surface area contributed by atoms with Gasteiger partial charge in [-0.2, -0.15) is 5.26 Å². The first-order valence-corrected chi connectivity index (χ1v) is 9.18. The van der Waals surface area contributed by atoms with Gasteiger partial charge in [0.05, 0.1) is 13.2 Å². The lowest BCUT2D eigenvalue weighted by Crippen LogP contribution is -2.47. The molecular formula is C20H25N3O4. The van der Waals surface area contributed by atoms with E-state index < -0.39 is 17.9 Å². The van der Waals surface area contributed by atoms with Crippen molar-refractivity contribution in [3.05, 3.63) is 35.9 Å². The number of nitrogens with zero attached hydrogens (tertiary/aromatic N) is 1. The summed E-state index contributed by atoms with van der Waals surface area (Å²) < 4.78 is 4.50. The van der Waals surface area contributed by atoms with Crippen LogP contribution in [0.3, 0.4) is 0 Å². The van der Waals surface area contributed by atoms with Crippen molar-refractivity contribution in [1.82, 2.24) is 10.6 Å². The molecule has 27 heavy (non-hydrogen) atoms. The van der Waals surface area contributed by atoms with Gasteiger partial charge in [-0.3, -0.25) is 9.59 Å². The highest BCUT2D eigenvalue weighted by molar-refractivity contribution is 5.94. The van der Waals surface area contributed by atoms with Gasteiger partial charge >= 0.3 is 5.97 Å². The number of hydrogen-bond donors (Lipinski definition) is 2. The Balaban J connectivity index is 2.05. The Kier molecular flexibility index (Phi) is 7.80. The first-order chi connectivity index (χ1) is 13.0. The molecule has 1 aromatic rings. The minimum absolute atomic E-state index is 0.0123. The van der Waals surface area contributed by atoms with Gasteiger partial charge in [0.1, 0.15) is 0 Å². The number of ether oxygens (including phenoxy) is 1. The van der Waals surface area contributed by atoms with Crippen LogP contribution < -0.4 is 10.6 Å². The molecule has 0 aliphatic heterocycles. The second-order valence-electron chi connectivity index (χ2n) is 6.70. The molecule has 0 heterocycles. The molecule has 0 saturated heterocycles. The Morgan fingerprint density at radius 1 is 1.15 bits per heavy atom. The molecule has 1 aromatic carbocycles. The summed E-state index contributed by atoms with van der Waals surface area (Å²) in [5.74, 6) is -1.32. The molecular weight excluding hydrogens is 346 g/mol. The van der Waals surface area contributed by atoms with Gasteiger partial charge in [0, 0.05) is 18.0 Å². The van der Waals surface area contributed by atoms with Crippen LogP contribution in [0.25, 0.3) is 0 Å². The van der Waals surface area contributed by atoms with Crippen molar-refractivity contribution in [3.8, 4) is 6.07 Å². The van der Waals surface area contributed by atoms with Gasteiger partial charge in [-0.25, -0.2) is 4.79 Å². The Morgan fingerprint density at radius 3 is 2.41 bits per heavy atom. The van der Waals surface area contributed by atoms with Gasteiger partial charge in [-0.15, -0.1) is 0 Å². The number of nitrogens with one attached hydrogen (secondary N) is 2. The van der Waals surface area contributed by atoms with Crippen LogP contribution in [0.4, 0.5) is 0 Å². The van der Waals surface area contributed by atoms with Crippen molar-refractivity contribution >= 4 is 17.8 Å². The van der Waals surface area contributed by atoms with E-state index in [0.29, 0.717) is 5.56 Å². The van der Waals surface area contributed by atoms with E-state index in [-0.39, 0.29) is 24.3 Å². The maximum atomic E-state index is 12.5. The number of methoxy groups -OCH3 is 1. The summed E-state index contributed by atoms with van der Waals surface area (Å²) in [6.45, 7) is 0. The molecule has 1 saturated carbocycles. The fourth-order valence-corrected chi connectivity index (χ4v) is 3.39. The quantitative estimate of drug-likeness (QED) is 0.712. The third-order valence-corrected chi connectivity index (χ3v) is 4.85. The first-order valence-electron chi connectivity index (χ1n) is 9.18. The number of benzene rings is 1. The van der Waals surface area contributed by atoms with Crippen LogP contribution in [0.1, 0.15) is 48.9 Å². The lowest BCUT2D eigenvalue weighted by atomic mass is 9.82.